The minimum absolute atomic E-state index is 0.149. The molecule has 3 rings (SSSR count). The van der Waals surface area contributed by atoms with Gasteiger partial charge in [-0.15, -0.1) is 0 Å². The van der Waals surface area contributed by atoms with Crippen molar-refractivity contribution in [2.45, 2.75) is 0 Å². The third-order valence-corrected chi connectivity index (χ3v) is 4.06. The number of pyridine rings is 1. The molecule has 0 saturated heterocycles. The van der Waals surface area contributed by atoms with Crippen LogP contribution < -0.4 is 14.9 Å². The fraction of sp³-hybridized carbons (Fsp3) is 0.111. The lowest BCUT2D eigenvalue weighted by Gasteiger charge is -2.09. The summed E-state index contributed by atoms with van der Waals surface area (Å²) in [6.07, 6.45) is 2.97. The topological polar surface area (TPSA) is 98.9 Å². The Morgan fingerprint density at radius 3 is 2.63 bits per heavy atom. The lowest BCUT2D eigenvalue weighted by atomic mass is 10.1. The standard InChI is InChI=1S/C18H15ClN4O4/c1-26-17-7-11(16(23(24)25)9-18(17)27-2)10-21-22-14-5-6-20-15-8-12(19)3-4-13(14)15/h3-10H,1-2H3,(H,20,22)/b21-10-. The Morgan fingerprint density at radius 1 is 1.19 bits per heavy atom. The number of hydrogen-bond acceptors (Lipinski definition) is 7. The number of nitro groups is 1. The summed E-state index contributed by atoms with van der Waals surface area (Å²) in [6.45, 7) is 0. The number of methoxy groups -OCH3 is 2. The Hall–Kier alpha value is -3.39. The van der Waals surface area contributed by atoms with E-state index < -0.39 is 4.92 Å². The van der Waals surface area contributed by atoms with Crippen molar-refractivity contribution in [3.8, 4) is 11.5 Å². The summed E-state index contributed by atoms with van der Waals surface area (Å²) < 4.78 is 10.3. The van der Waals surface area contributed by atoms with Gasteiger partial charge in [-0.2, -0.15) is 5.10 Å². The largest absolute Gasteiger partial charge is 0.493 e. The van der Waals surface area contributed by atoms with Gasteiger partial charge in [0.15, 0.2) is 11.5 Å². The Morgan fingerprint density at radius 2 is 1.93 bits per heavy atom. The van der Waals surface area contributed by atoms with Gasteiger partial charge >= 0.3 is 0 Å². The van der Waals surface area contributed by atoms with Crippen LogP contribution in [-0.4, -0.2) is 30.3 Å². The molecule has 27 heavy (non-hydrogen) atoms. The van der Waals surface area contributed by atoms with Crippen molar-refractivity contribution in [1.82, 2.24) is 4.98 Å². The molecule has 0 bridgehead atoms. The first-order valence-electron chi connectivity index (χ1n) is 7.77. The molecular weight excluding hydrogens is 372 g/mol. The summed E-state index contributed by atoms with van der Waals surface area (Å²) in [4.78, 5) is 15.1. The monoisotopic (exact) mass is 386 g/mol. The Labute approximate surface area is 159 Å². The van der Waals surface area contributed by atoms with Crippen molar-refractivity contribution in [2.75, 3.05) is 19.6 Å². The van der Waals surface area contributed by atoms with Crippen molar-refractivity contribution in [3.05, 3.63) is 63.3 Å². The first-order chi connectivity index (χ1) is 13.0. The van der Waals surface area contributed by atoms with Gasteiger partial charge in [-0.1, -0.05) is 11.6 Å². The van der Waals surface area contributed by atoms with Gasteiger partial charge in [0, 0.05) is 16.6 Å². The highest BCUT2D eigenvalue weighted by molar-refractivity contribution is 6.31. The molecule has 2 aromatic carbocycles. The number of hydrogen-bond donors (Lipinski definition) is 1. The summed E-state index contributed by atoms with van der Waals surface area (Å²) in [5, 5.41) is 16.9. The molecule has 0 aliphatic carbocycles. The molecule has 1 aromatic heterocycles. The van der Waals surface area contributed by atoms with Crippen LogP contribution in [-0.2, 0) is 0 Å². The summed E-state index contributed by atoms with van der Waals surface area (Å²) >= 11 is 5.98. The SMILES string of the molecule is COc1cc(/C=N\Nc2ccnc3cc(Cl)ccc23)c([N+](=O)[O-])cc1OC. The number of halogens is 1. The van der Waals surface area contributed by atoms with E-state index in [9.17, 15) is 10.1 Å². The molecule has 1 heterocycles. The van der Waals surface area contributed by atoms with Gasteiger partial charge in [-0.3, -0.25) is 20.5 Å². The van der Waals surface area contributed by atoms with Crippen LogP contribution in [0.5, 0.6) is 11.5 Å². The highest BCUT2D eigenvalue weighted by Gasteiger charge is 2.18. The Kier molecular flexibility index (Phi) is 5.37. The van der Waals surface area contributed by atoms with E-state index in [1.165, 1.54) is 32.6 Å². The molecule has 1 N–H and O–H groups in total. The van der Waals surface area contributed by atoms with E-state index in [1.54, 1.807) is 24.4 Å². The van der Waals surface area contributed by atoms with Gasteiger partial charge in [-0.25, -0.2) is 0 Å². The van der Waals surface area contributed by atoms with E-state index in [-0.39, 0.29) is 17.0 Å². The van der Waals surface area contributed by atoms with Crippen LogP contribution >= 0.6 is 11.6 Å². The summed E-state index contributed by atoms with van der Waals surface area (Å²) in [6, 6.07) is 9.85. The van der Waals surface area contributed by atoms with Crippen LogP contribution in [0.2, 0.25) is 5.02 Å². The highest BCUT2D eigenvalue weighted by atomic mass is 35.5. The predicted octanol–water partition coefficient (Wildman–Crippen LogP) is 4.26. The predicted molar refractivity (Wildman–Crippen MR) is 104 cm³/mol. The molecular formula is C18H15ClN4O4. The number of ether oxygens (including phenoxy) is 2. The highest BCUT2D eigenvalue weighted by Crippen LogP contribution is 2.33. The number of aromatic nitrogens is 1. The second kappa shape index (κ2) is 7.88. The van der Waals surface area contributed by atoms with Crippen LogP contribution in [0.15, 0.2) is 47.7 Å². The third kappa shape index (κ3) is 3.90. The number of anilines is 1. The quantitative estimate of drug-likeness (QED) is 0.386. The molecule has 0 aliphatic rings. The first kappa shape index (κ1) is 18.4. The van der Waals surface area contributed by atoms with Crippen LogP contribution in [0.1, 0.15) is 5.56 Å². The second-order valence-electron chi connectivity index (χ2n) is 5.41. The van der Waals surface area contributed by atoms with Gasteiger partial charge in [0.25, 0.3) is 5.69 Å². The lowest BCUT2D eigenvalue weighted by Crippen LogP contribution is -2.00. The molecule has 8 nitrogen and oxygen atoms in total. The van der Waals surface area contributed by atoms with E-state index >= 15 is 0 Å². The third-order valence-electron chi connectivity index (χ3n) is 3.82. The van der Waals surface area contributed by atoms with Gasteiger partial charge in [-0.05, 0) is 30.3 Å². The minimum Gasteiger partial charge on any atom is -0.493 e. The lowest BCUT2D eigenvalue weighted by molar-refractivity contribution is -0.385. The summed E-state index contributed by atoms with van der Waals surface area (Å²) in [7, 11) is 2.87. The first-order valence-corrected chi connectivity index (χ1v) is 8.15. The molecule has 0 saturated carbocycles. The van der Waals surface area contributed by atoms with Crippen LogP contribution in [0, 0.1) is 10.1 Å². The van der Waals surface area contributed by atoms with Gasteiger partial charge in [0.1, 0.15) is 0 Å². The van der Waals surface area contributed by atoms with E-state index in [4.69, 9.17) is 21.1 Å². The number of nitrogens with zero attached hydrogens (tertiary/aromatic N) is 3. The maximum Gasteiger partial charge on any atom is 0.282 e. The summed E-state index contributed by atoms with van der Waals surface area (Å²) in [5.41, 5.74) is 4.40. The molecule has 9 heteroatoms. The molecule has 0 unspecified atom stereocenters. The van der Waals surface area contributed by atoms with Gasteiger partial charge < -0.3 is 9.47 Å². The normalized spacial score (nSPS) is 10.9. The molecule has 0 atom stereocenters. The minimum atomic E-state index is -0.507. The molecule has 0 fully saturated rings. The van der Waals surface area contributed by atoms with Crippen molar-refractivity contribution >= 4 is 40.1 Å². The number of nitro benzene ring substituents is 1. The molecule has 0 aliphatic heterocycles. The zero-order valence-electron chi connectivity index (χ0n) is 14.5. The van der Waals surface area contributed by atoms with Crippen molar-refractivity contribution in [2.24, 2.45) is 5.10 Å². The maximum atomic E-state index is 11.3. The van der Waals surface area contributed by atoms with Crippen molar-refractivity contribution < 1.29 is 14.4 Å². The van der Waals surface area contributed by atoms with E-state index in [2.05, 4.69) is 15.5 Å². The summed E-state index contributed by atoms with van der Waals surface area (Å²) in [5.74, 6) is 0.639. The van der Waals surface area contributed by atoms with E-state index in [0.29, 0.717) is 22.0 Å². The second-order valence-corrected chi connectivity index (χ2v) is 5.85. The number of benzene rings is 2. The van der Waals surface area contributed by atoms with Crippen LogP contribution in [0.4, 0.5) is 11.4 Å². The number of nitrogens with one attached hydrogen (secondary N) is 1. The zero-order chi connectivity index (χ0) is 19.4. The molecule has 0 radical (unpaired) electrons. The number of hydrazone groups is 1. The number of rotatable bonds is 6. The average molecular weight is 387 g/mol. The molecule has 138 valence electrons. The van der Waals surface area contributed by atoms with E-state index in [0.717, 1.165) is 5.39 Å². The Balaban J connectivity index is 1.94. The fourth-order valence-corrected chi connectivity index (χ4v) is 2.70. The molecule has 0 amide bonds. The number of fused-ring (bicyclic) bond motifs is 1. The average Bonchev–Trinajstić information content (AvgIpc) is 2.67. The van der Waals surface area contributed by atoms with Crippen molar-refractivity contribution in [1.29, 1.82) is 0 Å². The zero-order valence-corrected chi connectivity index (χ0v) is 15.2. The van der Waals surface area contributed by atoms with Crippen molar-refractivity contribution in [3.63, 3.8) is 0 Å². The Bertz CT molecular complexity index is 1040. The van der Waals surface area contributed by atoms with Crippen LogP contribution in [0.25, 0.3) is 10.9 Å². The van der Waals surface area contributed by atoms with Gasteiger partial charge in [0.2, 0.25) is 0 Å². The molecule has 0 spiro atoms. The molecule has 3 aromatic rings. The van der Waals surface area contributed by atoms with Crippen LogP contribution in [0.3, 0.4) is 0 Å². The fourth-order valence-electron chi connectivity index (χ4n) is 2.54. The van der Waals surface area contributed by atoms with Gasteiger partial charge in [0.05, 0.1) is 48.2 Å². The maximum absolute atomic E-state index is 11.3. The van der Waals surface area contributed by atoms with E-state index in [1.807, 2.05) is 6.07 Å². The smallest absolute Gasteiger partial charge is 0.282 e.